The Bertz CT molecular complexity index is 676. The van der Waals surface area contributed by atoms with Crippen LogP contribution in [-0.4, -0.2) is 25.4 Å². The van der Waals surface area contributed by atoms with Crippen molar-refractivity contribution in [2.24, 2.45) is 0 Å². The largest absolute Gasteiger partial charge is 0.379 e. The summed E-state index contributed by atoms with van der Waals surface area (Å²) in [7, 11) is 0. The minimum atomic E-state index is 0.0780. The lowest BCUT2D eigenvalue weighted by Gasteiger charge is -1.92. The van der Waals surface area contributed by atoms with E-state index in [1.165, 1.54) is 6.20 Å². The average molecular weight is 265 g/mol. The van der Waals surface area contributed by atoms with Gasteiger partial charge in [-0.3, -0.25) is 4.98 Å². The second kappa shape index (κ2) is 4.08. The number of anilines is 1. The standard InChI is InChI=1S/C9H5ClN6O2/c10-4-1-2-5(12-3-4)8-13-9(17-16-8)6-7(11)15-18-14-6/h1-3H,(H2,11,15). The molecule has 0 saturated heterocycles. The number of hydrogen-bond acceptors (Lipinski definition) is 8. The maximum atomic E-state index is 5.73. The molecule has 9 heteroatoms. The van der Waals surface area contributed by atoms with E-state index >= 15 is 0 Å². The molecule has 0 aliphatic carbocycles. The Hall–Kier alpha value is -2.48. The van der Waals surface area contributed by atoms with Gasteiger partial charge in [0.15, 0.2) is 0 Å². The summed E-state index contributed by atoms with van der Waals surface area (Å²) in [5.41, 5.74) is 6.23. The van der Waals surface area contributed by atoms with Crippen LogP contribution < -0.4 is 5.73 Å². The van der Waals surface area contributed by atoms with Crippen molar-refractivity contribution in [2.75, 3.05) is 5.73 Å². The van der Waals surface area contributed by atoms with E-state index in [0.29, 0.717) is 16.5 Å². The van der Waals surface area contributed by atoms with Crippen molar-refractivity contribution in [3.8, 4) is 23.1 Å². The first kappa shape index (κ1) is 10.7. The smallest absolute Gasteiger partial charge is 0.284 e. The molecule has 3 rings (SSSR count). The van der Waals surface area contributed by atoms with Crippen molar-refractivity contribution >= 4 is 17.4 Å². The number of nitrogen functional groups attached to an aromatic ring is 1. The van der Waals surface area contributed by atoms with Crippen LogP contribution in [0.3, 0.4) is 0 Å². The van der Waals surface area contributed by atoms with Gasteiger partial charge in [-0.1, -0.05) is 16.8 Å². The average Bonchev–Trinajstić information content (AvgIpc) is 2.98. The van der Waals surface area contributed by atoms with Gasteiger partial charge in [0.05, 0.1) is 5.02 Å². The van der Waals surface area contributed by atoms with E-state index in [1.807, 2.05) is 0 Å². The molecule has 3 heterocycles. The molecule has 0 aliphatic heterocycles. The molecular weight excluding hydrogens is 260 g/mol. The normalized spacial score (nSPS) is 10.7. The molecule has 18 heavy (non-hydrogen) atoms. The van der Waals surface area contributed by atoms with E-state index in [9.17, 15) is 0 Å². The Kier molecular flexibility index (Phi) is 2.41. The minimum absolute atomic E-state index is 0.0780. The molecule has 3 aromatic heterocycles. The molecular formula is C9H5ClN6O2. The first-order chi connectivity index (χ1) is 8.74. The Morgan fingerprint density at radius 1 is 1.17 bits per heavy atom. The molecule has 0 bridgehead atoms. The monoisotopic (exact) mass is 264 g/mol. The number of pyridine rings is 1. The van der Waals surface area contributed by atoms with Gasteiger partial charge in [0.25, 0.3) is 5.89 Å². The summed E-state index contributed by atoms with van der Waals surface area (Å²) in [6, 6.07) is 3.34. The van der Waals surface area contributed by atoms with Crippen LogP contribution in [0.15, 0.2) is 27.5 Å². The van der Waals surface area contributed by atoms with Crippen LogP contribution >= 0.6 is 11.6 Å². The Labute approximate surface area is 105 Å². The van der Waals surface area contributed by atoms with Crippen LogP contribution in [0.4, 0.5) is 5.82 Å². The minimum Gasteiger partial charge on any atom is -0.379 e. The van der Waals surface area contributed by atoms with E-state index in [2.05, 4.69) is 30.1 Å². The molecule has 0 fully saturated rings. The predicted octanol–water partition coefficient (Wildman–Crippen LogP) is 1.42. The lowest BCUT2D eigenvalue weighted by atomic mass is 10.3. The molecule has 8 nitrogen and oxygen atoms in total. The zero-order valence-electron chi connectivity index (χ0n) is 8.74. The third-order valence-corrected chi connectivity index (χ3v) is 2.32. The summed E-state index contributed by atoms with van der Waals surface area (Å²) >= 11 is 5.73. The molecule has 0 spiro atoms. The quantitative estimate of drug-likeness (QED) is 0.738. The van der Waals surface area contributed by atoms with Crippen LogP contribution in [-0.2, 0) is 0 Å². The van der Waals surface area contributed by atoms with Crippen LogP contribution in [0.5, 0.6) is 0 Å². The summed E-state index contributed by atoms with van der Waals surface area (Å²) in [5.74, 6) is 0.485. The van der Waals surface area contributed by atoms with Crippen molar-refractivity contribution in [3.63, 3.8) is 0 Å². The fraction of sp³-hybridized carbons (Fsp3) is 0. The molecule has 0 aliphatic rings. The van der Waals surface area contributed by atoms with Gasteiger partial charge < -0.3 is 10.3 Å². The van der Waals surface area contributed by atoms with E-state index in [1.54, 1.807) is 12.1 Å². The van der Waals surface area contributed by atoms with Gasteiger partial charge in [0, 0.05) is 6.20 Å². The molecule has 0 aromatic carbocycles. The van der Waals surface area contributed by atoms with E-state index in [0.717, 1.165) is 0 Å². The molecule has 0 unspecified atom stereocenters. The molecule has 0 amide bonds. The molecule has 3 aromatic rings. The molecule has 2 N–H and O–H groups in total. The number of halogens is 1. The van der Waals surface area contributed by atoms with E-state index < -0.39 is 0 Å². The first-order valence-electron chi connectivity index (χ1n) is 4.78. The topological polar surface area (TPSA) is 117 Å². The molecule has 90 valence electrons. The Balaban J connectivity index is 1.99. The van der Waals surface area contributed by atoms with Crippen molar-refractivity contribution in [3.05, 3.63) is 23.4 Å². The highest BCUT2D eigenvalue weighted by Gasteiger charge is 2.18. The van der Waals surface area contributed by atoms with Gasteiger partial charge in [-0.15, -0.1) is 0 Å². The van der Waals surface area contributed by atoms with Crippen LogP contribution in [0.1, 0.15) is 0 Å². The SMILES string of the molecule is Nc1nonc1-c1nc(-c2ccc(Cl)cn2)no1. The fourth-order valence-electron chi connectivity index (χ4n) is 1.28. The summed E-state index contributed by atoms with van der Waals surface area (Å²) < 4.78 is 9.44. The fourth-order valence-corrected chi connectivity index (χ4v) is 1.39. The maximum absolute atomic E-state index is 5.73. The van der Waals surface area contributed by atoms with Crippen molar-refractivity contribution < 1.29 is 9.15 Å². The molecule has 0 atom stereocenters. The summed E-state index contributed by atoms with van der Waals surface area (Å²) in [5, 5.41) is 11.3. The zero-order chi connectivity index (χ0) is 12.5. The van der Waals surface area contributed by atoms with E-state index in [-0.39, 0.29) is 17.4 Å². The second-order valence-corrected chi connectivity index (χ2v) is 3.72. The zero-order valence-corrected chi connectivity index (χ0v) is 9.50. The lowest BCUT2D eigenvalue weighted by molar-refractivity contribution is 0.308. The second-order valence-electron chi connectivity index (χ2n) is 3.28. The highest BCUT2D eigenvalue weighted by atomic mass is 35.5. The number of aromatic nitrogens is 5. The van der Waals surface area contributed by atoms with Crippen molar-refractivity contribution in [2.45, 2.75) is 0 Å². The van der Waals surface area contributed by atoms with E-state index in [4.69, 9.17) is 21.9 Å². The van der Waals surface area contributed by atoms with Gasteiger partial charge in [0.1, 0.15) is 5.69 Å². The van der Waals surface area contributed by atoms with Crippen LogP contribution in [0, 0.1) is 0 Å². The summed E-state index contributed by atoms with van der Waals surface area (Å²) in [6.45, 7) is 0. The molecule has 0 radical (unpaired) electrons. The first-order valence-corrected chi connectivity index (χ1v) is 5.16. The summed E-state index contributed by atoms with van der Waals surface area (Å²) in [6.07, 6.45) is 1.49. The Morgan fingerprint density at radius 2 is 2.06 bits per heavy atom. The van der Waals surface area contributed by atoms with Crippen molar-refractivity contribution in [1.29, 1.82) is 0 Å². The Morgan fingerprint density at radius 3 is 2.72 bits per heavy atom. The number of rotatable bonds is 2. The highest BCUT2D eigenvalue weighted by Crippen LogP contribution is 2.23. The van der Waals surface area contributed by atoms with Crippen LogP contribution in [0.25, 0.3) is 23.1 Å². The van der Waals surface area contributed by atoms with Gasteiger partial charge in [-0.2, -0.15) is 4.98 Å². The number of nitrogens with zero attached hydrogens (tertiary/aromatic N) is 5. The maximum Gasteiger partial charge on any atom is 0.284 e. The number of nitrogens with two attached hydrogens (primary N) is 1. The number of hydrogen-bond donors (Lipinski definition) is 1. The van der Waals surface area contributed by atoms with Gasteiger partial charge in [-0.25, -0.2) is 4.63 Å². The molecule has 0 saturated carbocycles. The predicted molar refractivity (Wildman–Crippen MR) is 60.2 cm³/mol. The van der Waals surface area contributed by atoms with Gasteiger partial charge in [-0.05, 0) is 22.4 Å². The lowest BCUT2D eigenvalue weighted by Crippen LogP contribution is -1.89. The van der Waals surface area contributed by atoms with Crippen molar-refractivity contribution in [1.82, 2.24) is 25.4 Å². The van der Waals surface area contributed by atoms with Gasteiger partial charge >= 0.3 is 0 Å². The van der Waals surface area contributed by atoms with Gasteiger partial charge in [0.2, 0.25) is 17.3 Å². The van der Waals surface area contributed by atoms with Crippen LogP contribution in [0.2, 0.25) is 5.02 Å². The summed E-state index contributed by atoms with van der Waals surface area (Å²) in [4.78, 5) is 8.15. The third-order valence-electron chi connectivity index (χ3n) is 2.10. The third kappa shape index (κ3) is 1.78. The highest BCUT2D eigenvalue weighted by molar-refractivity contribution is 6.30.